The number of phenols is 1. The van der Waals surface area contributed by atoms with Crippen molar-refractivity contribution in [3.05, 3.63) is 50.9 Å². The maximum absolute atomic E-state index is 12.9. The van der Waals surface area contributed by atoms with Crippen molar-refractivity contribution < 1.29 is 14.6 Å². The monoisotopic (exact) mass is 426 g/mol. The molecule has 0 spiro atoms. The van der Waals surface area contributed by atoms with Crippen LogP contribution in [0.4, 0.5) is 0 Å². The van der Waals surface area contributed by atoms with Crippen molar-refractivity contribution in [1.29, 1.82) is 0 Å². The Balaban J connectivity index is 1.48. The quantitative estimate of drug-likeness (QED) is 0.482. The van der Waals surface area contributed by atoms with Crippen LogP contribution in [-0.4, -0.2) is 33.9 Å². The summed E-state index contributed by atoms with van der Waals surface area (Å²) < 4.78 is 6.36. The van der Waals surface area contributed by atoms with Gasteiger partial charge in [-0.05, 0) is 54.5 Å². The van der Waals surface area contributed by atoms with E-state index in [1.807, 2.05) is 0 Å². The van der Waals surface area contributed by atoms with Gasteiger partial charge in [0, 0.05) is 4.88 Å². The Labute approximate surface area is 176 Å². The number of fused-ring (bicyclic) bond motifs is 3. The second kappa shape index (κ2) is 8.27. The summed E-state index contributed by atoms with van der Waals surface area (Å²) in [6, 6.07) is 4.70. The molecule has 0 saturated heterocycles. The average molecular weight is 426 g/mol. The van der Waals surface area contributed by atoms with Crippen LogP contribution in [0.25, 0.3) is 10.2 Å². The van der Waals surface area contributed by atoms with Crippen molar-refractivity contribution in [2.24, 2.45) is 11.0 Å². The van der Waals surface area contributed by atoms with Gasteiger partial charge in [-0.1, -0.05) is 6.92 Å². The number of nitrogens with one attached hydrogen (secondary N) is 1. The highest BCUT2D eigenvalue weighted by Crippen LogP contribution is 2.35. The van der Waals surface area contributed by atoms with Gasteiger partial charge in [0.2, 0.25) is 0 Å². The lowest BCUT2D eigenvalue weighted by Crippen LogP contribution is -2.30. The molecule has 156 valence electrons. The van der Waals surface area contributed by atoms with E-state index in [1.54, 1.807) is 23.5 Å². The second-order valence-electron chi connectivity index (χ2n) is 7.43. The van der Waals surface area contributed by atoms with Crippen LogP contribution in [0.2, 0.25) is 0 Å². The highest BCUT2D eigenvalue weighted by Gasteiger charge is 2.23. The van der Waals surface area contributed by atoms with Crippen LogP contribution in [-0.2, 0) is 24.2 Å². The Morgan fingerprint density at radius 2 is 2.33 bits per heavy atom. The first-order valence-electron chi connectivity index (χ1n) is 9.65. The van der Waals surface area contributed by atoms with E-state index in [2.05, 4.69) is 22.4 Å². The van der Waals surface area contributed by atoms with Crippen LogP contribution in [0, 0.1) is 5.92 Å². The first kappa shape index (κ1) is 20.1. The van der Waals surface area contributed by atoms with E-state index in [-0.39, 0.29) is 17.9 Å². The topological polar surface area (TPSA) is 106 Å². The summed E-state index contributed by atoms with van der Waals surface area (Å²) in [6.07, 6.45) is 5.77. The number of hydrazone groups is 1. The Kier molecular flexibility index (Phi) is 5.54. The fourth-order valence-corrected chi connectivity index (χ4v) is 4.96. The standard InChI is InChI=1S/C21H22N4O4S/c1-12-3-5-14-17(7-12)30-20-19(14)21(28)25(11-22-20)10-18(27)24-23-9-13-4-6-15(26)16(8-13)29-2/h4,6,8-9,11-12,26H,3,5,7,10H2,1-2H3,(H,24,27)/b23-9+/t12-/m0/s1. The third-order valence-corrected chi connectivity index (χ3v) is 6.37. The highest BCUT2D eigenvalue weighted by molar-refractivity contribution is 7.18. The summed E-state index contributed by atoms with van der Waals surface area (Å²) in [6.45, 7) is 2.05. The Morgan fingerprint density at radius 1 is 1.50 bits per heavy atom. The predicted octanol–water partition coefficient (Wildman–Crippen LogP) is 2.45. The molecule has 0 bridgehead atoms. The van der Waals surface area contributed by atoms with E-state index in [1.165, 1.54) is 35.2 Å². The van der Waals surface area contributed by atoms with Crippen molar-refractivity contribution in [1.82, 2.24) is 15.0 Å². The molecule has 30 heavy (non-hydrogen) atoms. The molecule has 2 aromatic heterocycles. The van der Waals surface area contributed by atoms with Crippen LogP contribution >= 0.6 is 11.3 Å². The maximum Gasteiger partial charge on any atom is 0.262 e. The van der Waals surface area contributed by atoms with E-state index in [0.717, 1.165) is 29.7 Å². The van der Waals surface area contributed by atoms with Gasteiger partial charge in [0.25, 0.3) is 11.5 Å². The average Bonchev–Trinajstić information content (AvgIpc) is 3.09. The Morgan fingerprint density at radius 3 is 3.13 bits per heavy atom. The number of aromatic hydroxyl groups is 1. The molecule has 1 amide bonds. The number of phenolic OH excluding ortho intramolecular Hbond substituents is 1. The van der Waals surface area contributed by atoms with E-state index in [9.17, 15) is 14.7 Å². The van der Waals surface area contributed by atoms with Crippen molar-refractivity contribution in [3.8, 4) is 11.5 Å². The molecule has 0 radical (unpaired) electrons. The van der Waals surface area contributed by atoms with Gasteiger partial charge in [0.1, 0.15) is 11.4 Å². The van der Waals surface area contributed by atoms with Gasteiger partial charge in [-0.25, -0.2) is 10.4 Å². The van der Waals surface area contributed by atoms with E-state index < -0.39 is 5.91 Å². The van der Waals surface area contributed by atoms with Crippen molar-refractivity contribution >= 4 is 33.7 Å². The van der Waals surface area contributed by atoms with Gasteiger partial charge in [0.05, 0.1) is 25.0 Å². The molecule has 3 aromatic rings. The normalized spacial score (nSPS) is 16.0. The van der Waals surface area contributed by atoms with Gasteiger partial charge in [-0.3, -0.25) is 14.2 Å². The number of amides is 1. The Hall–Kier alpha value is -3.20. The summed E-state index contributed by atoms with van der Waals surface area (Å²) in [5.74, 6) is 0.513. The summed E-state index contributed by atoms with van der Waals surface area (Å²) in [5, 5.41) is 14.2. The number of rotatable bonds is 5. The zero-order chi connectivity index (χ0) is 21.3. The second-order valence-corrected chi connectivity index (χ2v) is 8.52. The fraction of sp³-hybridized carbons (Fsp3) is 0.333. The lowest BCUT2D eigenvalue weighted by atomic mass is 9.89. The first-order valence-corrected chi connectivity index (χ1v) is 10.5. The lowest BCUT2D eigenvalue weighted by Gasteiger charge is -2.17. The third kappa shape index (κ3) is 3.93. The van der Waals surface area contributed by atoms with E-state index in [0.29, 0.717) is 22.6 Å². The van der Waals surface area contributed by atoms with Crippen LogP contribution in [0.1, 0.15) is 29.3 Å². The van der Waals surface area contributed by atoms with Crippen LogP contribution in [0.5, 0.6) is 11.5 Å². The molecule has 0 fully saturated rings. The zero-order valence-electron chi connectivity index (χ0n) is 16.7. The molecule has 1 aromatic carbocycles. The summed E-state index contributed by atoms with van der Waals surface area (Å²) in [4.78, 5) is 31.6. The number of hydrogen-bond acceptors (Lipinski definition) is 7. The number of ether oxygens (including phenoxy) is 1. The predicted molar refractivity (Wildman–Crippen MR) is 115 cm³/mol. The van der Waals surface area contributed by atoms with Crippen molar-refractivity contribution in [3.63, 3.8) is 0 Å². The molecular formula is C21H22N4O4S. The third-order valence-electron chi connectivity index (χ3n) is 5.20. The molecule has 1 aliphatic carbocycles. The van der Waals surface area contributed by atoms with Crippen LogP contribution in [0.3, 0.4) is 0 Å². The Bertz CT molecular complexity index is 1200. The summed E-state index contributed by atoms with van der Waals surface area (Å²) >= 11 is 1.58. The number of carbonyl (C=O) groups excluding carboxylic acids is 1. The molecule has 1 aliphatic rings. The van der Waals surface area contributed by atoms with Gasteiger partial charge in [-0.2, -0.15) is 5.10 Å². The molecule has 4 rings (SSSR count). The van der Waals surface area contributed by atoms with E-state index >= 15 is 0 Å². The minimum Gasteiger partial charge on any atom is -0.504 e. The van der Waals surface area contributed by atoms with Crippen molar-refractivity contribution in [2.75, 3.05) is 7.11 Å². The van der Waals surface area contributed by atoms with Gasteiger partial charge in [-0.15, -0.1) is 11.3 Å². The molecular weight excluding hydrogens is 404 g/mol. The minimum absolute atomic E-state index is 0.0195. The largest absolute Gasteiger partial charge is 0.504 e. The molecule has 2 N–H and O–H groups in total. The molecule has 0 saturated carbocycles. The fourth-order valence-electron chi connectivity index (χ4n) is 3.62. The summed E-state index contributed by atoms with van der Waals surface area (Å²) in [5.41, 5.74) is 3.97. The smallest absolute Gasteiger partial charge is 0.262 e. The number of benzene rings is 1. The molecule has 1 atom stereocenters. The van der Waals surface area contributed by atoms with Crippen LogP contribution < -0.4 is 15.7 Å². The first-order chi connectivity index (χ1) is 14.5. The SMILES string of the molecule is COc1cc(/C=N/NC(=O)Cn2cnc3sc4c(c3c2=O)CC[C@H](C)C4)ccc1O. The number of aryl methyl sites for hydroxylation is 1. The molecule has 2 heterocycles. The number of methoxy groups -OCH3 is 1. The summed E-state index contributed by atoms with van der Waals surface area (Å²) in [7, 11) is 1.45. The molecule has 0 aliphatic heterocycles. The van der Waals surface area contributed by atoms with Gasteiger partial charge in [0.15, 0.2) is 11.5 Å². The van der Waals surface area contributed by atoms with Crippen molar-refractivity contribution in [2.45, 2.75) is 32.7 Å². The highest BCUT2D eigenvalue weighted by atomic mass is 32.1. The molecule has 9 heteroatoms. The number of aromatic nitrogens is 2. The van der Waals surface area contributed by atoms with E-state index in [4.69, 9.17) is 4.74 Å². The lowest BCUT2D eigenvalue weighted by molar-refractivity contribution is -0.121. The van der Waals surface area contributed by atoms with Gasteiger partial charge >= 0.3 is 0 Å². The number of thiophene rings is 1. The zero-order valence-corrected chi connectivity index (χ0v) is 17.5. The van der Waals surface area contributed by atoms with Crippen LogP contribution in [0.15, 0.2) is 34.4 Å². The van der Waals surface area contributed by atoms with Gasteiger partial charge < -0.3 is 9.84 Å². The number of hydrogen-bond donors (Lipinski definition) is 2. The molecule has 8 nitrogen and oxygen atoms in total. The number of nitrogens with zero attached hydrogens (tertiary/aromatic N) is 3. The molecule has 0 unspecified atom stereocenters. The number of carbonyl (C=O) groups is 1. The minimum atomic E-state index is -0.432. The maximum atomic E-state index is 12.9.